The van der Waals surface area contributed by atoms with Crippen LogP contribution in [0.4, 0.5) is 5.82 Å². The number of piperidine rings is 1. The van der Waals surface area contributed by atoms with Gasteiger partial charge in [0, 0.05) is 30.7 Å². The Morgan fingerprint density at radius 3 is 3.10 bits per heavy atom. The number of nitrogens with zero attached hydrogens (tertiary/aromatic N) is 2. The molecule has 0 bridgehead atoms. The molecule has 3 heterocycles. The highest BCUT2D eigenvalue weighted by Crippen LogP contribution is 2.33. The van der Waals surface area contributed by atoms with Gasteiger partial charge in [0.25, 0.3) is 0 Å². The van der Waals surface area contributed by atoms with Gasteiger partial charge in [-0.2, -0.15) is 0 Å². The van der Waals surface area contributed by atoms with Gasteiger partial charge >= 0.3 is 0 Å². The van der Waals surface area contributed by atoms with Crippen LogP contribution in [0.5, 0.6) is 5.75 Å². The Labute approximate surface area is 118 Å². The highest BCUT2D eigenvalue weighted by atomic mass is 16.3. The summed E-state index contributed by atoms with van der Waals surface area (Å²) in [5, 5.41) is 15.5. The number of aromatic nitrogens is 1. The predicted molar refractivity (Wildman–Crippen MR) is 80.1 cm³/mol. The quantitative estimate of drug-likeness (QED) is 0.832. The lowest BCUT2D eigenvalue weighted by Gasteiger charge is -2.24. The van der Waals surface area contributed by atoms with Crippen molar-refractivity contribution in [3.8, 4) is 5.75 Å². The number of anilines is 1. The Balaban J connectivity index is 1.73. The molecule has 1 aromatic heterocycles. The zero-order chi connectivity index (χ0) is 13.5. The van der Waals surface area contributed by atoms with Crippen LogP contribution in [0.2, 0.25) is 0 Å². The average Bonchev–Trinajstić information content (AvgIpc) is 2.90. The smallest absolute Gasteiger partial charge is 0.136 e. The van der Waals surface area contributed by atoms with Crippen molar-refractivity contribution in [1.82, 2.24) is 10.3 Å². The number of rotatable bonds is 1. The number of pyridine rings is 1. The van der Waals surface area contributed by atoms with E-state index in [0.29, 0.717) is 11.8 Å². The molecule has 2 fully saturated rings. The van der Waals surface area contributed by atoms with Crippen LogP contribution in [-0.4, -0.2) is 35.8 Å². The van der Waals surface area contributed by atoms with Crippen molar-refractivity contribution in [3.63, 3.8) is 0 Å². The molecule has 4 rings (SSSR count). The minimum Gasteiger partial charge on any atom is -0.508 e. The fourth-order valence-corrected chi connectivity index (χ4v) is 3.61. The van der Waals surface area contributed by atoms with E-state index in [4.69, 9.17) is 0 Å². The number of nitrogens with one attached hydrogen (secondary N) is 1. The monoisotopic (exact) mass is 269 g/mol. The number of hydrogen-bond donors (Lipinski definition) is 2. The van der Waals surface area contributed by atoms with Gasteiger partial charge in [0.2, 0.25) is 0 Å². The van der Waals surface area contributed by atoms with E-state index in [-0.39, 0.29) is 0 Å². The van der Waals surface area contributed by atoms with E-state index in [1.807, 2.05) is 24.4 Å². The molecule has 1 aromatic carbocycles. The van der Waals surface area contributed by atoms with Crippen molar-refractivity contribution in [2.24, 2.45) is 5.92 Å². The molecule has 4 heteroatoms. The molecule has 0 amide bonds. The van der Waals surface area contributed by atoms with Gasteiger partial charge in [-0.05, 0) is 48.9 Å². The van der Waals surface area contributed by atoms with Crippen LogP contribution >= 0.6 is 0 Å². The minimum atomic E-state index is 0.307. The summed E-state index contributed by atoms with van der Waals surface area (Å²) < 4.78 is 0. The Morgan fingerprint density at radius 2 is 2.20 bits per heavy atom. The van der Waals surface area contributed by atoms with Crippen LogP contribution in [0.15, 0.2) is 30.5 Å². The molecule has 0 radical (unpaired) electrons. The molecule has 2 aromatic rings. The van der Waals surface area contributed by atoms with Crippen molar-refractivity contribution < 1.29 is 5.11 Å². The van der Waals surface area contributed by atoms with Crippen LogP contribution < -0.4 is 10.2 Å². The van der Waals surface area contributed by atoms with Gasteiger partial charge in [0.15, 0.2) is 0 Å². The molecule has 2 aliphatic heterocycles. The molecule has 2 atom stereocenters. The SMILES string of the molecule is Oc1ccc2ccnc(N3C[C@@H]4CCCN[C@@H]4C3)c2c1. The van der Waals surface area contributed by atoms with Crippen molar-refractivity contribution in [1.29, 1.82) is 0 Å². The number of benzene rings is 1. The Kier molecular flexibility index (Phi) is 2.77. The molecule has 2 saturated heterocycles. The topological polar surface area (TPSA) is 48.4 Å². The molecule has 0 saturated carbocycles. The van der Waals surface area contributed by atoms with E-state index in [0.717, 1.165) is 42.1 Å². The van der Waals surface area contributed by atoms with Crippen molar-refractivity contribution in [2.45, 2.75) is 18.9 Å². The largest absolute Gasteiger partial charge is 0.508 e. The molecular formula is C16H19N3O. The maximum atomic E-state index is 9.75. The highest BCUT2D eigenvalue weighted by Gasteiger charge is 2.35. The van der Waals surface area contributed by atoms with Gasteiger partial charge in [-0.15, -0.1) is 0 Å². The number of phenolic OH excluding ortho intramolecular Hbond substituents is 1. The Hall–Kier alpha value is -1.81. The number of hydrogen-bond acceptors (Lipinski definition) is 4. The van der Waals surface area contributed by atoms with Crippen LogP contribution in [-0.2, 0) is 0 Å². The molecule has 2 N–H and O–H groups in total. The number of phenols is 1. The molecule has 0 aliphatic carbocycles. The van der Waals surface area contributed by atoms with Crippen molar-refractivity contribution >= 4 is 16.6 Å². The molecule has 0 spiro atoms. The molecule has 104 valence electrons. The summed E-state index contributed by atoms with van der Waals surface area (Å²) in [6.45, 7) is 3.23. The number of fused-ring (bicyclic) bond motifs is 2. The summed E-state index contributed by atoms with van der Waals surface area (Å²) in [5.74, 6) is 2.05. The molecule has 0 unspecified atom stereocenters. The summed E-state index contributed by atoms with van der Waals surface area (Å²) in [5.41, 5.74) is 0. The van der Waals surface area contributed by atoms with Crippen LogP contribution in [0, 0.1) is 5.92 Å². The second-order valence-corrected chi connectivity index (χ2v) is 5.91. The second kappa shape index (κ2) is 4.63. The van der Waals surface area contributed by atoms with Gasteiger partial charge in [-0.3, -0.25) is 0 Å². The third-order valence-corrected chi connectivity index (χ3v) is 4.63. The standard InChI is InChI=1S/C16H19N3O/c20-13-4-3-11-5-7-18-16(14(11)8-13)19-9-12-2-1-6-17-15(12)10-19/h3-5,7-8,12,15,17,20H,1-2,6,9-10H2/t12-,15+/m0/s1. The third-order valence-electron chi connectivity index (χ3n) is 4.63. The highest BCUT2D eigenvalue weighted by molar-refractivity contribution is 5.93. The van der Waals surface area contributed by atoms with Crippen LogP contribution in [0.25, 0.3) is 10.8 Å². The van der Waals surface area contributed by atoms with Gasteiger partial charge in [-0.25, -0.2) is 4.98 Å². The van der Waals surface area contributed by atoms with E-state index in [9.17, 15) is 5.11 Å². The van der Waals surface area contributed by atoms with Crippen LogP contribution in [0.1, 0.15) is 12.8 Å². The first kappa shape index (κ1) is 12.0. The van der Waals surface area contributed by atoms with Gasteiger partial charge < -0.3 is 15.3 Å². The fourth-order valence-electron chi connectivity index (χ4n) is 3.61. The summed E-state index contributed by atoms with van der Waals surface area (Å²) in [7, 11) is 0. The summed E-state index contributed by atoms with van der Waals surface area (Å²) in [4.78, 5) is 6.95. The first-order chi connectivity index (χ1) is 9.81. The van der Waals surface area contributed by atoms with E-state index in [1.54, 1.807) is 6.07 Å². The third kappa shape index (κ3) is 1.91. The molecule has 20 heavy (non-hydrogen) atoms. The number of aromatic hydroxyl groups is 1. The minimum absolute atomic E-state index is 0.307. The lowest BCUT2D eigenvalue weighted by atomic mass is 9.94. The summed E-state index contributed by atoms with van der Waals surface area (Å²) in [6, 6.07) is 8.11. The fraction of sp³-hybridized carbons (Fsp3) is 0.438. The summed E-state index contributed by atoms with van der Waals surface area (Å²) >= 11 is 0. The normalized spacial score (nSPS) is 25.9. The van der Waals surface area contributed by atoms with E-state index in [2.05, 4.69) is 15.2 Å². The second-order valence-electron chi connectivity index (χ2n) is 5.91. The van der Waals surface area contributed by atoms with E-state index >= 15 is 0 Å². The van der Waals surface area contributed by atoms with Gasteiger partial charge in [0.1, 0.15) is 11.6 Å². The van der Waals surface area contributed by atoms with E-state index in [1.165, 1.54) is 12.8 Å². The first-order valence-corrected chi connectivity index (χ1v) is 7.37. The predicted octanol–water partition coefficient (Wildman–Crippen LogP) is 2.13. The molecule has 2 aliphatic rings. The molecule has 4 nitrogen and oxygen atoms in total. The zero-order valence-corrected chi connectivity index (χ0v) is 11.4. The lowest BCUT2D eigenvalue weighted by molar-refractivity contribution is 0.340. The molecular weight excluding hydrogens is 250 g/mol. The average molecular weight is 269 g/mol. The Bertz CT molecular complexity index is 629. The maximum Gasteiger partial charge on any atom is 0.136 e. The van der Waals surface area contributed by atoms with Gasteiger partial charge in [0.05, 0.1) is 0 Å². The summed E-state index contributed by atoms with van der Waals surface area (Å²) in [6.07, 6.45) is 4.45. The van der Waals surface area contributed by atoms with Crippen LogP contribution in [0.3, 0.4) is 0 Å². The van der Waals surface area contributed by atoms with Crippen molar-refractivity contribution in [2.75, 3.05) is 24.5 Å². The Morgan fingerprint density at radius 1 is 1.25 bits per heavy atom. The maximum absolute atomic E-state index is 9.75. The van der Waals surface area contributed by atoms with E-state index < -0.39 is 0 Å². The first-order valence-electron chi connectivity index (χ1n) is 7.37. The zero-order valence-electron chi connectivity index (χ0n) is 11.4. The lowest BCUT2D eigenvalue weighted by Crippen LogP contribution is -2.40. The van der Waals surface area contributed by atoms with Crippen molar-refractivity contribution in [3.05, 3.63) is 30.5 Å². The van der Waals surface area contributed by atoms with Gasteiger partial charge in [-0.1, -0.05) is 6.07 Å².